The van der Waals surface area contributed by atoms with Crippen molar-refractivity contribution in [3.05, 3.63) is 18.0 Å². The summed E-state index contributed by atoms with van der Waals surface area (Å²) in [4.78, 5) is 12.1. The van der Waals surface area contributed by atoms with Gasteiger partial charge in [-0.05, 0) is 18.9 Å². The topological polar surface area (TPSA) is 53.4 Å². The zero-order valence-electron chi connectivity index (χ0n) is 11.8. The minimum Gasteiger partial charge on any atom is -0.376 e. The quantitative estimate of drug-likeness (QED) is 0.844. The van der Waals surface area contributed by atoms with Crippen LogP contribution in [0.25, 0.3) is 0 Å². The molecule has 20 heavy (non-hydrogen) atoms. The summed E-state index contributed by atoms with van der Waals surface area (Å²) in [5.41, 5.74) is 0.842. The highest BCUT2D eigenvalue weighted by molar-refractivity contribution is 5.85. The van der Waals surface area contributed by atoms with Crippen molar-refractivity contribution >= 4 is 5.78 Å². The number of carbonyl (C=O) groups excluding carboxylic acids is 1. The van der Waals surface area contributed by atoms with Crippen LogP contribution in [0.15, 0.2) is 12.3 Å². The summed E-state index contributed by atoms with van der Waals surface area (Å²) in [6, 6.07) is 2.47. The molecule has 1 saturated heterocycles. The molecule has 5 heteroatoms. The van der Waals surface area contributed by atoms with Crippen LogP contribution in [0.1, 0.15) is 43.8 Å². The summed E-state index contributed by atoms with van der Waals surface area (Å²) in [5, 5.41) is 4.57. The number of Topliss-reactive ketones (excluding diaryl/α,β-unsaturated/α-hetero) is 1. The van der Waals surface area contributed by atoms with Crippen molar-refractivity contribution in [1.82, 2.24) is 9.78 Å². The standard InChI is InChI=1S/C15H22N2O3/c18-14(15-11-19-8-9-20-15)10-12-6-7-17(16-12)13-4-2-1-3-5-13/h6-7,13,15H,1-5,8-11H2. The van der Waals surface area contributed by atoms with Crippen molar-refractivity contribution in [2.24, 2.45) is 0 Å². The first-order valence-corrected chi connectivity index (χ1v) is 7.59. The van der Waals surface area contributed by atoms with Crippen molar-refractivity contribution in [2.45, 2.75) is 50.7 Å². The van der Waals surface area contributed by atoms with E-state index in [0.29, 0.717) is 32.3 Å². The lowest BCUT2D eigenvalue weighted by Crippen LogP contribution is -2.36. The molecule has 1 aromatic rings. The summed E-state index contributed by atoms with van der Waals surface area (Å²) in [5.74, 6) is 0.0681. The van der Waals surface area contributed by atoms with Gasteiger partial charge in [-0.25, -0.2) is 0 Å². The van der Waals surface area contributed by atoms with E-state index in [4.69, 9.17) is 9.47 Å². The number of aromatic nitrogens is 2. The van der Waals surface area contributed by atoms with Gasteiger partial charge >= 0.3 is 0 Å². The van der Waals surface area contributed by atoms with Gasteiger partial charge in [-0.2, -0.15) is 5.10 Å². The highest BCUT2D eigenvalue weighted by Crippen LogP contribution is 2.27. The molecule has 0 N–H and O–H groups in total. The Hall–Kier alpha value is -1.20. The molecule has 2 fully saturated rings. The van der Waals surface area contributed by atoms with Crippen LogP contribution < -0.4 is 0 Å². The van der Waals surface area contributed by atoms with E-state index in [9.17, 15) is 4.79 Å². The van der Waals surface area contributed by atoms with Crippen LogP contribution in [0.4, 0.5) is 0 Å². The predicted molar refractivity (Wildman–Crippen MR) is 73.6 cm³/mol. The molecule has 1 unspecified atom stereocenters. The molecule has 3 rings (SSSR count). The number of rotatable bonds is 4. The third-order valence-electron chi connectivity index (χ3n) is 4.14. The van der Waals surface area contributed by atoms with Crippen LogP contribution in [0.5, 0.6) is 0 Å². The number of carbonyl (C=O) groups is 1. The monoisotopic (exact) mass is 278 g/mol. The van der Waals surface area contributed by atoms with Crippen molar-refractivity contribution in [3.8, 4) is 0 Å². The Morgan fingerprint density at radius 2 is 2.15 bits per heavy atom. The molecule has 1 atom stereocenters. The maximum Gasteiger partial charge on any atom is 0.169 e. The van der Waals surface area contributed by atoms with Crippen LogP contribution in [0.3, 0.4) is 0 Å². The summed E-state index contributed by atoms with van der Waals surface area (Å²) in [7, 11) is 0. The Labute approximate surface area is 119 Å². The largest absolute Gasteiger partial charge is 0.376 e. The molecule has 2 aliphatic rings. The highest BCUT2D eigenvalue weighted by Gasteiger charge is 2.24. The van der Waals surface area contributed by atoms with E-state index in [-0.39, 0.29) is 5.78 Å². The van der Waals surface area contributed by atoms with E-state index in [2.05, 4.69) is 5.10 Å². The lowest BCUT2D eigenvalue weighted by atomic mass is 9.96. The third-order valence-corrected chi connectivity index (χ3v) is 4.14. The van der Waals surface area contributed by atoms with Gasteiger partial charge in [0.25, 0.3) is 0 Å². The fraction of sp³-hybridized carbons (Fsp3) is 0.733. The van der Waals surface area contributed by atoms with Gasteiger partial charge < -0.3 is 9.47 Å². The summed E-state index contributed by atoms with van der Waals surface area (Å²) < 4.78 is 12.7. The van der Waals surface area contributed by atoms with E-state index in [1.54, 1.807) is 0 Å². The lowest BCUT2D eigenvalue weighted by molar-refractivity contribution is -0.144. The molecule has 2 heterocycles. The fourth-order valence-corrected chi connectivity index (χ4v) is 2.99. The molecule has 1 saturated carbocycles. The van der Waals surface area contributed by atoms with E-state index < -0.39 is 6.10 Å². The first-order chi connectivity index (χ1) is 9.83. The summed E-state index contributed by atoms with van der Waals surface area (Å²) >= 11 is 0. The van der Waals surface area contributed by atoms with Gasteiger partial charge in [0.15, 0.2) is 5.78 Å². The number of ether oxygens (including phenoxy) is 2. The molecule has 0 aromatic carbocycles. The average Bonchev–Trinajstić information content (AvgIpc) is 2.97. The second-order valence-electron chi connectivity index (χ2n) is 5.66. The van der Waals surface area contributed by atoms with Gasteiger partial charge in [0, 0.05) is 6.20 Å². The number of ketones is 1. The van der Waals surface area contributed by atoms with E-state index in [1.165, 1.54) is 32.1 Å². The van der Waals surface area contributed by atoms with Crippen LogP contribution in [0, 0.1) is 0 Å². The zero-order chi connectivity index (χ0) is 13.8. The van der Waals surface area contributed by atoms with Crippen LogP contribution in [-0.2, 0) is 20.7 Å². The minimum atomic E-state index is -0.413. The molecule has 0 amide bonds. The maximum atomic E-state index is 12.1. The van der Waals surface area contributed by atoms with Gasteiger partial charge in [-0.3, -0.25) is 9.48 Å². The van der Waals surface area contributed by atoms with E-state index in [0.717, 1.165) is 5.69 Å². The fourth-order valence-electron chi connectivity index (χ4n) is 2.99. The van der Waals surface area contributed by atoms with Crippen molar-refractivity contribution < 1.29 is 14.3 Å². The summed E-state index contributed by atoms with van der Waals surface area (Å²) in [6.45, 7) is 1.47. The number of hydrogen-bond acceptors (Lipinski definition) is 4. The third kappa shape index (κ3) is 3.27. The predicted octanol–water partition coefficient (Wildman–Crippen LogP) is 1.92. The van der Waals surface area contributed by atoms with Crippen LogP contribution >= 0.6 is 0 Å². The molecule has 1 aromatic heterocycles. The Kier molecular flexibility index (Phi) is 4.47. The second-order valence-corrected chi connectivity index (χ2v) is 5.66. The molecular formula is C15H22N2O3. The van der Waals surface area contributed by atoms with E-state index in [1.807, 2.05) is 16.9 Å². The SMILES string of the molecule is O=C(Cc1ccn(C2CCCCC2)n1)C1COCCO1. The minimum absolute atomic E-state index is 0.0681. The van der Waals surface area contributed by atoms with Crippen molar-refractivity contribution in [2.75, 3.05) is 19.8 Å². The molecule has 0 bridgehead atoms. The second kappa shape index (κ2) is 6.50. The Morgan fingerprint density at radius 3 is 2.90 bits per heavy atom. The Bertz CT molecular complexity index is 446. The zero-order valence-corrected chi connectivity index (χ0v) is 11.8. The van der Waals surface area contributed by atoms with Gasteiger partial charge in [-0.15, -0.1) is 0 Å². The summed E-state index contributed by atoms with van der Waals surface area (Å²) in [6.07, 6.45) is 8.25. The number of nitrogens with zero attached hydrogens (tertiary/aromatic N) is 2. The lowest BCUT2D eigenvalue weighted by Gasteiger charge is -2.22. The molecule has 0 radical (unpaired) electrons. The molecule has 110 valence electrons. The molecular weight excluding hydrogens is 256 g/mol. The average molecular weight is 278 g/mol. The van der Waals surface area contributed by atoms with Crippen LogP contribution in [0.2, 0.25) is 0 Å². The Balaban J connectivity index is 1.57. The first-order valence-electron chi connectivity index (χ1n) is 7.59. The first kappa shape index (κ1) is 13.8. The molecule has 1 aliphatic heterocycles. The molecule has 5 nitrogen and oxygen atoms in total. The van der Waals surface area contributed by atoms with Gasteiger partial charge in [0.2, 0.25) is 0 Å². The molecule has 0 spiro atoms. The van der Waals surface area contributed by atoms with Gasteiger partial charge in [0.05, 0.1) is 38.0 Å². The molecule has 1 aliphatic carbocycles. The van der Waals surface area contributed by atoms with Crippen molar-refractivity contribution in [1.29, 1.82) is 0 Å². The smallest absolute Gasteiger partial charge is 0.169 e. The number of hydrogen-bond donors (Lipinski definition) is 0. The van der Waals surface area contributed by atoms with Crippen molar-refractivity contribution in [3.63, 3.8) is 0 Å². The van der Waals surface area contributed by atoms with Gasteiger partial charge in [0.1, 0.15) is 6.10 Å². The Morgan fingerprint density at radius 1 is 1.30 bits per heavy atom. The normalized spacial score (nSPS) is 24.7. The van der Waals surface area contributed by atoms with Crippen LogP contribution in [-0.4, -0.2) is 41.5 Å². The highest BCUT2D eigenvalue weighted by atomic mass is 16.6. The van der Waals surface area contributed by atoms with Gasteiger partial charge in [-0.1, -0.05) is 19.3 Å². The maximum absolute atomic E-state index is 12.1. The van der Waals surface area contributed by atoms with E-state index >= 15 is 0 Å².